The van der Waals surface area contributed by atoms with Gasteiger partial charge in [0.2, 0.25) is 5.91 Å². The Bertz CT molecular complexity index is 429. The number of nitrogens with two attached hydrogens (primary N) is 1. The van der Waals surface area contributed by atoms with Gasteiger partial charge in [-0.1, -0.05) is 12.1 Å². The molecule has 0 saturated heterocycles. The third kappa shape index (κ3) is 1.70. The van der Waals surface area contributed by atoms with Crippen molar-refractivity contribution in [1.82, 2.24) is 5.32 Å². The molecule has 4 N–H and O–H groups in total. The summed E-state index contributed by atoms with van der Waals surface area (Å²) in [6, 6.07) is 3.82. The molecule has 2 rings (SSSR count). The third-order valence-electron chi connectivity index (χ3n) is 2.96. The molecule has 0 saturated carbocycles. The average molecular weight is 219 g/mol. The summed E-state index contributed by atoms with van der Waals surface area (Å²) < 4.78 is 0. The number of rotatable bonds is 3. The van der Waals surface area contributed by atoms with Crippen LogP contribution in [0.25, 0.3) is 0 Å². The maximum atomic E-state index is 11.8. The molecule has 1 aliphatic heterocycles. The summed E-state index contributed by atoms with van der Waals surface area (Å²) in [6.07, 6.45) is 0. The first-order valence-electron chi connectivity index (χ1n) is 5.49. The Labute approximate surface area is 95.2 Å². The van der Waals surface area contributed by atoms with Gasteiger partial charge >= 0.3 is 0 Å². The van der Waals surface area contributed by atoms with E-state index in [1.807, 2.05) is 26.0 Å². The molecule has 0 radical (unpaired) electrons. The van der Waals surface area contributed by atoms with Crippen LogP contribution in [0.2, 0.25) is 0 Å². The molecule has 1 aromatic rings. The van der Waals surface area contributed by atoms with Gasteiger partial charge < -0.3 is 16.4 Å². The molecule has 0 aliphatic carbocycles. The summed E-state index contributed by atoms with van der Waals surface area (Å²) in [5.41, 5.74) is 9.71. The number of carbonyl (C=O) groups is 1. The minimum absolute atomic E-state index is 0.0147. The van der Waals surface area contributed by atoms with Crippen LogP contribution in [-0.4, -0.2) is 19.0 Å². The minimum atomic E-state index is -0.251. The van der Waals surface area contributed by atoms with Gasteiger partial charge in [-0.2, -0.15) is 0 Å². The predicted molar refractivity (Wildman–Crippen MR) is 64.3 cm³/mol. The topological polar surface area (TPSA) is 67.2 Å². The van der Waals surface area contributed by atoms with Gasteiger partial charge in [-0.25, -0.2) is 0 Å². The standard InChI is InChI=1S/C12H17N3O/c1-7-3-4-8(2)10-9(7)11(12(16)15-10)14-6-5-13/h3-4,11,14H,5-6,13H2,1-2H3,(H,15,16). The maximum absolute atomic E-state index is 11.8. The van der Waals surface area contributed by atoms with E-state index in [9.17, 15) is 4.79 Å². The molecule has 1 aromatic carbocycles. The van der Waals surface area contributed by atoms with Crippen LogP contribution in [0, 0.1) is 13.8 Å². The summed E-state index contributed by atoms with van der Waals surface area (Å²) in [5.74, 6) is 0.0147. The van der Waals surface area contributed by atoms with Crippen molar-refractivity contribution in [3.8, 4) is 0 Å². The highest BCUT2D eigenvalue weighted by Crippen LogP contribution is 2.35. The summed E-state index contributed by atoms with van der Waals surface area (Å²) in [4.78, 5) is 11.8. The van der Waals surface area contributed by atoms with Crippen molar-refractivity contribution in [3.05, 3.63) is 28.8 Å². The van der Waals surface area contributed by atoms with Crippen molar-refractivity contribution in [2.24, 2.45) is 5.73 Å². The van der Waals surface area contributed by atoms with E-state index >= 15 is 0 Å². The van der Waals surface area contributed by atoms with E-state index in [0.717, 1.165) is 22.4 Å². The SMILES string of the molecule is Cc1ccc(C)c2c1NC(=O)C2NCCN. The van der Waals surface area contributed by atoms with Crippen LogP contribution in [0.15, 0.2) is 12.1 Å². The highest BCUT2D eigenvalue weighted by Gasteiger charge is 2.32. The number of anilines is 1. The third-order valence-corrected chi connectivity index (χ3v) is 2.96. The van der Waals surface area contributed by atoms with Gasteiger partial charge in [0, 0.05) is 24.3 Å². The smallest absolute Gasteiger partial charge is 0.246 e. The lowest BCUT2D eigenvalue weighted by Crippen LogP contribution is -2.31. The molecule has 0 bridgehead atoms. The zero-order valence-electron chi connectivity index (χ0n) is 9.63. The Kier molecular flexibility index (Phi) is 2.94. The Morgan fingerprint density at radius 3 is 2.75 bits per heavy atom. The van der Waals surface area contributed by atoms with Crippen molar-refractivity contribution in [1.29, 1.82) is 0 Å². The predicted octanol–water partition coefficient (Wildman–Crippen LogP) is 0.845. The van der Waals surface area contributed by atoms with Crippen LogP contribution in [0.3, 0.4) is 0 Å². The minimum Gasteiger partial charge on any atom is -0.329 e. The van der Waals surface area contributed by atoms with E-state index in [0.29, 0.717) is 13.1 Å². The first kappa shape index (κ1) is 11.1. The molecule has 1 unspecified atom stereocenters. The van der Waals surface area contributed by atoms with E-state index in [1.165, 1.54) is 0 Å². The van der Waals surface area contributed by atoms with E-state index in [1.54, 1.807) is 0 Å². The molecule has 1 heterocycles. The summed E-state index contributed by atoms with van der Waals surface area (Å²) in [6.45, 7) is 5.20. The van der Waals surface area contributed by atoms with Crippen LogP contribution in [-0.2, 0) is 4.79 Å². The fourth-order valence-electron chi connectivity index (χ4n) is 2.12. The van der Waals surface area contributed by atoms with E-state index in [-0.39, 0.29) is 11.9 Å². The molecule has 0 aromatic heterocycles. The first-order valence-corrected chi connectivity index (χ1v) is 5.49. The van der Waals surface area contributed by atoms with Crippen molar-refractivity contribution in [2.75, 3.05) is 18.4 Å². The lowest BCUT2D eigenvalue weighted by atomic mass is 9.99. The van der Waals surface area contributed by atoms with Crippen LogP contribution in [0.1, 0.15) is 22.7 Å². The molecular weight excluding hydrogens is 202 g/mol. The average Bonchev–Trinajstić information content (AvgIpc) is 2.59. The number of amides is 1. The van der Waals surface area contributed by atoms with Crippen molar-refractivity contribution in [2.45, 2.75) is 19.9 Å². The number of fused-ring (bicyclic) bond motifs is 1. The Morgan fingerprint density at radius 2 is 2.06 bits per heavy atom. The summed E-state index contributed by atoms with van der Waals surface area (Å²) in [7, 11) is 0. The van der Waals surface area contributed by atoms with E-state index in [2.05, 4.69) is 10.6 Å². The van der Waals surface area contributed by atoms with Gasteiger partial charge in [0.05, 0.1) is 0 Å². The van der Waals surface area contributed by atoms with Crippen LogP contribution < -0.4 is 16.4 Å². The highest BCUT2D eigenvalue weighted by atomic mass is 16.2. The van der Waals surface area contributed by atoms with Crippen molar-refractivity contribution >= 4 is 11.6 Å². The van der Waals surface area contributed by atoms with E-state index < -0.39 is 0 Å². The lowest BCUT2D eigenvalue weighted by molar-refractivity contribution is -0.117. The van der Waals surface area contributed by atoms with Crippen molar-refractivity contribution < 1.29 is 4.79 Å². The monoisotopic (exact) mass is 219 g/mol. The van der Waals surface area contributed by atoms with Gasteiger partial charge in [-0.3, -0.25) is 4.79 Å². The molecule has 1 amide bonds. The molecule has 4 nitrogen and oxygen atoms in total. The number of hydrogen-bond acceptors (Lipinski definition) is 3. The summed E-state index contributed by atoms with van der Waals surface area (Å²) in [5, 5.41) is 6.09. The second kappa shape index (κ2) is 4.23. The van der Waals surface area contributed by atoms with Crippen LogP contribution in [0.4, 0.5) is 5.69 Å². The van der Waals surface area contributed by atoms with Crippen molar-refractivity contribution in [3.63, 3.8) is 0 Å². The van der Waals surface area contributed by atoms with Gasteiger partial charge in [-0.05, 0) is 25.0 Å². The quantitative estimate of drug-likeness (QED) is 0.706. The molecule has 86 valence electrons. The zero-order chi connectivity index (χ0) is 11.7. The molecule has 16 heavy (non-hydrogen) atoms. The molecule has 4 heteroatoms. The molecule has 1 aliphatic rings. The fourth-order valence-corrected chi connectivity index (χ4v) is 2.12. The molecule has 0 spiro atoms. The fraction of sp³-hybridized carbons (Fsp3) is 0.417. The highest BCUT2D eigenvalue weighted by molar-refractivity contribution is 6.03. The van der Waals surface area contributed by atoms with E-state index in [4.69, 9.17) is 5.73 Å². The Balaban J connectivity index is 2.39. The number of hydrogen-bond donors (Lipinski definition) is 3. The van der Waals surface area contributed by atoms with Gasteiger partial charge in [0.15, 0.2) is 0 Å². The lowest BCUT2D eigenvalue weighted by Gasteiger charge is -2.13. The zero-order valence-corrected chi connectivity index (χ0v) is 9.63. The van der Waals surface area contributed by atoms with Gasteiger partial charge in [0.1, 0.15) is 6.04 Å². The first-order chi connectivity index (χ1) is 7.65. The number of aryl methyl sites for hydroxylation is 2. The number of nitrogens with one attached hydrogen (secondary N) is 2. The number of carbonyl (C=O) groups excluding carboxylic acids is 1. The Morgan fingerprint density at radius 1 is 1.38 bits per heavy atom. The second-order valence-electron chi connectivity index (χ2n) is 4.15. The van der Waals surface area contributed by atoms with Gasteiger partial charge in [0.25, 0.3) is 0 Å². The molecule has 0 fully saturated rings. The van der Waals surface area contributed by atoms with Crippen LogP contribution in [0.5, 0.6) is 0 Å². The molecular formula is C12H17N3O. The Hall–Kier alpha value is -1.39. The largest absolute Gasteiger partial charge is 0.329 e. The van der Waals surface area contributed by atoms with Crippen LogP contribution >= 0.6 is 0 Å². The number of benzene rings is 1. The maximum Gasteiger partial charge on any atom is 0.246 e. The second-order valence-corrected chi connectivity index (χ2v) is 4.15. The van der Waals surface area contributed by atoms with Gasteiger partial charge in [-0.15, -0.1) is 0 Å². The summed E-state index contributed by atoms with van der Waals surface area (Å²) >= 11 is 0. The molecule has 1 atom stereocenters. The normalized spacial score (nSPS) is 18.4.